The molecule has 0 aromatic heterocycles. The van der Waals surface area contributed by atoms with Crippen molar-refractivity contribution in [2.45, 2.75) is 87.5 Å². The number of nitrogens with zero attached hydrogens (tertiary/aromatic N) is 1. The van der Waals surface area contributed by atoms with Gasteiger partial charge >= 0.3 is 0 Å². The number of likely N-dealkylation sites (tertiary alicyclic amines) is 1. The van der Waals surface area contributed by atoms with Crippen molar-refractivity contribution in [1.82, 2.24) is 4.90 Å². The number of fused-ring (bicyclic) bond motifs is 2. The number of anilines is 1. The van der Waals surface area contributed by atoms with E-state index >= 15 is 0 Å². The second-order valence-electron chi connectivity index (χ2n) is 14.5. The Balaban J connectivity index is 1.14. The zero-order valence-electron chi connectivity index (χ0n) is 25.8. The van der Waals surface area contributed by atoms with E-state index < -0.39 is 0 Å². The van der Waals surface area contributed by atoms with Crippen LogP contribution in [0.15, 0.2) is 60.7 Å². The predicted molar refractivity (Wildman–Crippen MR) is 169 cm³/mol. The maximum atomic E-state index is 7.27. The van der Waals surface area contributed by atoms with E-state index in [4.69, 9.17) is 14.2 Å². The quantitative estimate of drug-likeness (QED) is 0.313. The second-order valence-corrected chi connectivity index (χ2v) is 14.5. The Bertz CT molecular complexity index is 1580. The molecule has 3 aromatic rings. The van der Waals surface area contributed by atoms with E-state index in [-0.39, 0.29) is 28.5 Å². The number of methoxy groups -OCH3 is 2. The fourth-order valence-corrected chi connectivity index (χ4v) is 10.7. The molecule has 4 saturated carbocycles. The molecule has 7 aliphatic rings. The lowest BCUT2D eigenvalue weighted by Crippen LogP contribution is -2.80. The molecule has 0 radical (unpaired) electrons. The molecule has 1 saturated heterocycles. The first kappa shape index (κ1) is 26.4. The third kappa shape index (κ3) is 3.47. The summed E-state index contributed by atoms with van der Waals surface area (Å²) < 4.78 is 20.1. The highest BCUT2D eigenvalue weighted by atomic mass is 16.6. The van der Waals surface area contributed by atoms with Crippen LogP contribution >= 0.6 is 0 Å². The van der Waals surface area contributed by atoms with Crippen molar-refractivity contribution in [2.75, 3.05) is 32.6 Å². The van der Waals surface area contributed by atoms with Gasteiger partial charge in [0.05, 0.1) is 7.11 Å². The van der Waals surface area contributed by atoms with Crippen LogP contribution < -0.4 is 14.8 Å². The summed E-state index contributed by atoms with van der Waals surface area (Å²) in [6.07, 6.45) is 8.50. The van der Waals surface area contributed by atoms with E-state index in [1.54, 1.807) is 7.11 Å². The van der Waals surface area contributed by atoms with Gasteiger partial charge < -0.3 is 19.5 Å². The van der Waals surface area contributed by atoms with Crippen molar-refractivity contribution in [3.63, 3.8) is 0 Å². The molecule has 5 heteroatoms. The van der Waals surface area contributed by atoms with Crippen LogP contribution in [0.4, 0.5) is 5.69 Å². The predicted octanol–water partition coefficient (Wildman–Crippen LogP) is 7.01. The van der Waals surface area contributed by atoms with Crippen LogP contribution in [-0.2, 0) is 23.1 Å². The fraction of sp³-hybridized carbons (Fsp3) is 0.526. The maximum Gasteiger partial charge on any atom is 0.165 e. The molecule has 1 N–H and O–H groups in total. The average Bonchev–Trinajstić information content (AvgIpc) is 3.79. The molecule has 10 rings (SSSR count). The first-order chi connectivity index (χ1) is 21.0. The Labute approximate surface area is 255 Å². The second kappa shape index (κ2) is 9.25. The number of piperidine rings is 1. The Hall–Kier alpha value is -3.02. The molecule has 2 aliphatic heterocycles. The van der Waals surface area contributed by atoms with Gasteiger partial charge in [0, 0.05) is 54.2 Å². The van der Waals surface area contributed by atoms with Gasteiger partial charge in [0.1, 0.15) is 11.7 Å². The molecular weight excluding hydrogens is 532 g/mol. The lowest BCUT2D eigenvalue weighted by Gasteiger charge is -2.74. The van der Waals surface area contributed by atoms with Gasteiger partial charge in [-0.2, -0.15) is 0 Å². The lowest BCUT2D eigenvalue weighted by atomic mass is 9.34. The van der Waals surface area contributed by atoms with Gasteiger partial charge in [0.2, 0.25) is 0 Å². The Morgan fingerprint density at radius 2 is 1.86 bits per heavy atom. The van der Waals surface area contributed by atoms with Crippen molar-refractivity contribution >= 4 is 5.69 Å². The number of rotatable bonds is 8. The van der Waals surface area contributed by atoms with E-state index in [0.29, 0.717) is 6.04 Å². The topological polar surface area (TPSA) is 43.0 Å². The van der Waals surface area contributed by atoms with Crippen LogP contribution in [0.2, 0.25) is 0 Å². The SMILES string of the molecule is COc1ccc2c3c1O[C@H]1[C@@]4(OC)CC[C@@]5(C[C@@H]4c4cccc(NCc6ccc(C)cc6)c4)[C@@H](C2)N(CC2CC2)CC[C@]315. The zero-order valence-corrected chi connectivity index (χ0v) is 25.8. The third-order valence-corrected chi connectivity index (χ3v) is 12.8. The van der Waals surface area contributed by atoms with E-state index in [2.05, 4.69) is 77.8 Å². The summed E-state index contributed by atoms with van der Waals surface area (Å²) in [6, 6.07) is 23.1. The minimum atomic E-state index is -0.376. The molecule has 0 amide bonds. The van der Waals surface area contributed by atoms with Crippen molar-refractivity contribution in [3.05, 3.63) is 88.5 Å². The van der Waals surface area contributed by atoms with Gasteiger partial charge in [-0.3, -0.25) is 4.90 Å². The van der Waals surface area contributed by atoms with Gasteiger partial charge in [-0.05, 0) is 99.2 Å². The van der Waals surface area contributed by atoms with E-state index in [1.165, 1.54) is 65.9 Å². The highest BCUT2D eigenvalue weighted by molar-refractivity contribution is 5.64. The van der Waals surface area contributed by atoms with Gasteiger partial charge in [0.15, 0.2) is 11.5 Å². The lowest BCUT2D eigenvalue weighted by molar-refractivity contribution is -0.261. The average molecular weight is 577 g/mol. The van der Waals surface area contributed by atoms with Gasteiger partial charge in [-0.15, -0.1) is 0 Å². The van der Waals surface area contributed by atoms with Gasteiger partial charge in [-0.1, -0.05) is 48.0 Å². The number of nitrogens with one attached hydrogen (secondary N) is 1. The molecular formula is C38H44N2O3. The zero-order chi connectivity index (χ0) is 29.0. The van der Waals surface area contributed by atoms with Crippen LogP contribution in [0.25, 0.3) is 0 Å². The summed E-state index contributed by atoms with van der Waals surface area (Å²) in [4.78, 5) is 2.92. The first-order valence-corrected chi connectivity index (χ1v) is 16.6. The van der Waals surface area contributed by atoms with E-state index in [0.717, 1.165) is 49.6 Å². The number of benzene rings is 3. The number of ether oxygens (including phenoxy) is 3. The summed E-state index contributed by atoms with van der Waals surface area (Å²) in [5.74, 6) is 3.07. The molecule has 5 nitrogen and oxygen atoms in total. The van der Waals surface area contributed by atoms with Crippen molar-refractivity contribution in [2.24, 2.45) is 11.3 Å². The molecule has 224 valence electrons. The molecule has 2 spiro atoms. The first-order valence-electron chi connectivity index (χ1n) is 16.6. The molecule has 43 heavy (non-hydrogen) atoms. The van der Waals surface area contributed by atoms with Crippen LogP contribution in [0.1, 0.15) is 72.3 Å². The van der Waals surface area contributed by atoms with Gasteiger partial charge in [-0.25, -0.2) is 0 Å². The summed E-state index contributed by atoms with van der Waals surface area (Å²) in [6.45, 7) is 5.40. The number of hydrogen-bond acceptors (Lipinski definition) is 5. The maximum absolute atomic E-state index is 7.27. The largest absolute Gasteiger partial charge is 0.493 e. The molecule has 3 aromatic carbocycles. The van der Waals surface area contributed by atoms with E-state index in [1.807, 2.05) is 7.11 Å². The van der Waals surface area contributed by atoms with Crippen molar-refractivity contribution in [3.8, 4) is 11.5 Å². The minimum absolute atomic E-state index is 0.00222. The van der Waals surface area contributed by atoms with E-state index in [9.17, 15) is 0 Å². The van der Waals surface area contributed by atoms with Crippen LogP contribution in [0.5, 0.6) is 11.5 Å². The third-order valence-electron chi connectivity index (χ3n) is 12.8. The van der Waals surface area contributed by atoms with Crippen LogP contribution in [0.3, 0.4) is 0 Å². The minimum Gasteiger partial charge on any atom is -0.493 e. The molecule has 4 bridgehead atoms. The Kier molecular flexibility index (Phi) is 5.67. The van der Waals surface area contributed by atoms with Crippen LogP contribution in [-0.4, -0.2) is 50.0 Å². The molecule has 6 atom stereocenters. The Morgan fingerprint density at radius 3 is 2.65 bits per heavy atom. The van der Waals surface area contributed by atoms with Crippen molar-refractivity contribution < 1.29 is 14.2 Å². The molecule has 5 aliphatic carbocycles. The summed E-state index contributed by atoms with van der Waals surface area (Å²) in [7, 11) is 3.74. The molecule has 5 fully saturated rings. The smallest absolute Gasteiger partial charge is 0.165 e. The van der Waals surface area contributed by atoms with Crippen molar-refractivity contribution in [1.29, 1.82) is 0 Å². The fourth-order valence-electron chi connectivity index (χ4n) is 10.7. The normalized spacial score (nSPS) is 34.9. The highest BCUT2D eigenvalue weighted by Crippen LogP contribution is 2.78. The monoisotopic (exact) mass is 576 g/mol. The highest BCUT2D eigenvalue weighted by Gasteiger charge is 2.80. The standard InChI is InChI=1S/C38H44N2O3/c1-24-7-9-25(10-8-24)22-39-29-6-4-5-27(19-29)30-21-36-15-16-38(30,42-3)35-37(36)17-18-40(23-26-11-12-26)32(36)20-28-13-14-31(41-2)34(43-35)33(28)37/h4-10,13-14,19,26,30,32,35,39H,11-12,15-18,20-23H2,1-3H3/t30-,32-,35-,36-,37+,38-/m1/s1. The molecule has 2 heterocycles. The van der Waals surface area contributed by atoms with Gasteiger partial charge in [0.25, 0.3) is 0 Å². The summed E-state index contributed by atoms with van der Waals surface area (Å²) in [5.41, 5.74) is 7.91. The molecule has 0 unspecified atom stereocenters. The van der Waals surface area contributed by atoms with Crippen LogP contribution in [0, 0.1) is 18.3 Å². The summed E-state index contributed by atoms with van der Waals surface area (Å²) in [5, 5.41) is 3.72. The summed E-state index contributed by atoms with van der Waals surface area (Å²) >= 11 is 0. The Morgan fingerprint density at radius 1 is 1.00 bits per heavy atom. The number of aryl methyl sites for hydroxylation is 1. The number of hydrogen-bond donors (Lipinski definition) is 1.